The number of likely N-dealkylation sites (tertiary alicyclic amines) is 1. The van der Waals surface area contributed by atoms with Crippen LogP contribution >= 0.6 is 0 Å². The lowest BCUT2D eigenvalue weighted by atomic mass is 10.2. The summed E-state index contributed by atoms with van der Waals surface area (Å²) in [5.41, 5.74) is 0. The van der Waals surface area contributed by atoms with Crippen molar-refractivity contribution in [3.05, 3.63) is 0 Å². The van der Waals surface area contributed by atoms with E-state index in [-0.39, 0.29) is 0 Å². The lowest BCUT2D eigenvalue weighted by Crippen LogP contribution is -2.51. The Morgan fingerprint density at radius 1 is 1.50 bits per heavy atom. The van der Waals surface area contributed by atoms with Gasteiger partial charge in [-0.1, -0.05) is 6.92 Å². The molecular formula is C11H20N2O3. The number of morpholine rings is 1. The van der Waals surface area contributed by atoms with Crippen molar-refractivity contribution in [3.8, 4) is 0 Å². The summed E-state index contributed by atoms with van der Waals surface area (Å²) in [5, 5.41) is 12.1. The van der Waals surface area contributed by atoms with E-state index < -0.39 is 12.0 Å². The largest absolute Gasteiger partial charge is 0.480 e. The van der Waals surface area contributed by atoms with Crippen molar-refractivity contribution in [3.63, 3.8) is 0 Å². The predicted octanol–water partition coefficient (Wildman–Crippen LogP) is -0.0877. The predicted molar refractivity (Wildman–Crippen MR) is 59.4 cm³/mol. The quantitative estimate of drug-likeness (QED) is 0.689. The average Bonchev–Trinajstić information content (AvgIpc) is 2.57. The Labute approximate surface area is 95.8 Å². The Morgan fingerprint density at radius 2 is 2.12 bits per heavy atom. The minimum Gasteiger partial charge on any atom is -0.480 e. The molecule has 5 heteroatoms. The number of carboxylic acid groups (broad SMARTS) is 1. The molecule has 92 valence electrons. The van der Waals surface area contributed by atoms with Gasteiger partial charge in [0.25, 0.3) is 0 Å². The number of hydrogen-bond acceptors (Lipinski definition) is 4. The van der Waals surface area contributed by atoms with Crippen LogP contribution in [0.1, 0.15) is 19.8 Å². The molecule has 0 saturated carbocycles. The molecule has 2 bridgehead atoms. The molecule has 0 aliphatic carbocycles. The Bertz CT molecular complexity index is 248. The molecule has 2 saturated heterocycles. The fourth-order valence-electron chi connectivity index (χ4n) is 2.58. The molecule has 2 N–H and O–H groups in total. The van der Waals surface area contributed by atoms with Crippen LogP contribution in [0.25, 0.3) is 0 Å². The Balaban J connectivity index is 1.85. The number of likely N-dealkylation sites (N-methyl/N-ethyl adjacent to an activating group) is 1. The first-order valence-corrected chi connectivity index (χ1v) is 6.03. The van der Waals surface area contributed by atoms with Crippen LogP contribution in [-0.4, -0.2) is 60.4 Å². The molecule has 0 amide bonds. The summed E-state index contributed by atoms with van der Waals surface area (Å²) in [7, 11) is 0. The van der Waals surface area contributed by atoms with Gasteiger partial charge in [0.05, 0.1) is 12.2 Å². The van der Waals surface area contributed by atoms with E-state index in [1.54, 1.807) is 0 Å². The third-order valence-electron chi connectivity index (χ3n) is 3.31. The van der Waals surface area contributed by atoms with E-state index in [2.05, 4.69) is 10.2 Å². The van der Waals surface area contributed by atoms with Crippen molar-refractivity contribution in [1.29, 1.82) is 0 Å². The smallest absolute Gasteiger partial charge is 0.322 e. The first-order chi connectivity index (χ1) is 7.69. The molecule has 2 aliphatic heterocycles. The Morgan fingerprint density at radius 3 is 2.62 bits per heavy atom. The standard InChI is InChI=1S/C11H20N2O3/c1-2-12-10(11(14)15)7-13-5-8-3-4-9(6-13)16-8/h8-10,12H,2-7H2,1H3,(H,14,15). The maximum absolute atomic E-state index is 11.0. The molecule has 16 heavy (non-hydrogen) atoms. The van der Waals surface area contributed by atoms with Crippen LogP contribution in [0.15, 0.2) is 0 Å². The second kappa shape index (κ2) is 5.12. The van der Waals surface area contributed by atoms with Gasteiger partial charge in [0.2, 0.25) is 0 Å². The number of rotatable bonds is 5. The number of carbonyl (C=O) groups is 1. The van der Waals surface area contributed by atoms with Gasteiger partial charge in [0, 0.05) is 19.6 Å². The van der Waals surface area contributed by atoms with Crippen LogP contribution in [0.5, 0.6) is 0 Å². The number of nitrogens with one attached hydrogen (secondary N) is 1. The highest BCUT2D eigenvalue weighted by molar-refractivity contribution is 5.73. The van der Waals surface area contributed by atoms with E-state index in [4.69, 9.17) is 9.84 Å². The van der Waals surface area contributed by atoms with E-state index in [1.165, 1.54) is 0 Å². The molecular weight excluding hydrogens is 208 g/mol. The van der Waals surface area contributed by atoms with Gasteiger partial charge in [-0.05, 0) is 19.4 Å². The summed E-state index contributed by atoms with van der Waals surface area (Å²) >= 11 is 0. The monoisotopic (exact) mass is 228 g/mol. The minimum atomic E-state index is -0.763. The van der Waals surface area contributed by atoms with Gasteiger partial charge in [-0.3, -0.25) is 9.69 Å². The second-order valence-electron chi connectivity index (χ2n) is 4.62. The van der Waals surface area contributed by atoms with Crippen molar-refractivity contribution in [2.75, 3.05) is 26.2 Å². The van der Waals surface area contributed by atoms with Crippen LogP contribution in [0, 0.1) is 0 Å². The van der Waals surface area contributed by atoms with E-state index in [1.807, 2.05) is 6.92 Å². The summed E-state index contributed by atoms with van der Waals surface area (Å²) in [6.07, 6.45) is 2.91. The van der Waals surface area contributed by atoms with Gasteiger partial charge in [-0.25, -0.2) is 0 Å². The van der Waals surface area contributed by atoms with Gasteiger partial charge in [-0.2, -0.15) is 0 Å². The fourth-order valence-corrected chi connectivity index (χ4v) is 2.58. The molecule has 0 aromatic rings. The second-order valence-corrected chi connectivity index (χ2v) is 4.62. The summed E-state index contributed by atoms with van der Waals surface area (Å²) in [6, 6.07) is -0.456. The number of fused-ring (bicyclic) bond motifs is 2. The van der Waals surface area contributed by atoms with Gasteiger partial charge >= 0.3 is 5.97 Å². The molecule has 0 radical (unpaired) electrons. The molecule has 2 heterocycles. The molecule has 2 rings (SSSR count). The third-order valence-corrected chi connectivity index (χ3v) is 3.31. The Hall–Kier alpha value is -0.650. The number of hydrogen-bond donors (Lipinski definition) is 2. The zero-order valence-corrected chi connectivity index (χ0v) is 9.69. The Kier molecular flexibility index (Phi) is 3.78. The minimum absolute atomic E-state index is 0.329. The molecule has 3 atom stereocenters. The molecule has 2 fully saturated rings. The lowest BCUT2D eigenvalue weighted by molar-refractivity contribution is -0.140. The van der Waals surface area contributed by atoms with Crippen LogP contribution in [-0.2, 0) is 9.53 Å². The maximum Gasteiger partial charge on any atom is 0.322 e. The molecule has 0 aromatic heterocycles. The summed E-state index contributed by atoms with van der Waals surface area (Å²) in [5.74, 6) is -0.763. The zero-order valence-electron chi connectivity index (χ0n) is 9.69. The summed E-state index contributed by atoms with van der Waals surface area (Å²) < 4.78 is 5.72. The van der Waals surface area contributed by atoms with Gasteiger partial charge in [0.15, 0.2) is 0 Å². The number of carboxylic acids is 1. The molecule has 2 aliphatic rings. The highest BCUT2D eigenvalue weighted by atomic mass is 16.5. The average molecular weight is 228 g/mol. The van der Waals surface area contributed by atoms with E-state index in [9.17, 15) is 4.79 Å². The number of ether oxygens (including phenoxy) is 1. The molecule has 0 spiro atoms. The van der Waals surface area contributed by atoms with Crippen LogP contribution < -0.4 is 5.32 Å². The van der Waals surface area contributed by atoms with E-state index in [0.29, 0.717) is 25.3 Å². The van der Waals surface area contributed by atoms with Crippen LogP contribution in [0.3, 0.4) is 0 Å². The number of nitrogens with zero attached hydrogens (tertiary/aromatic N) is 1. The van der Waals surface area contributed by atoms with Crippen LogP contribution in [0.2, 0.25) is 0 Å². The first-order valence-electron chi connectivity index (χ1n) is 6.03. The zero-order chi connectivity index (χ0) is 11.5. The van der Waals surface area contributed by atoms with Gasteiger partial charge in [0.1, 0.15) is 6.04 Å². The van der Waals surface area contributed by atoms with E-state index in [0.717, 1.165) is 25.9 Å². The molecule has 5 nitrogen and oxygen atoms in total. The van der Waals surface area contributed by atoms with E-state index >= 15 is 0 Å². The van der Waals surface area contributed by atoms with Crippen molar-refractivity contribution in [2.24, 2.45) is 0 Å². The number of aliphatic carboxylic acids is 1. The SMILES string of the molecule is CCNC(CN1CC2CCC(C1)O2)C(=O)O. The van der Waals surface area contributed by atoms with Crippen molar-refractivity contribution >= 4 is 5.97 Å². The topological polar surface area (TPSA) is 61.8 Å². The fraction of sp³-hybridized carbons (Fsp3) is 0.909. The van der Waals surface area contributed by atoms with Crippen LogP contribution in [0.4, 0.5) is 0 Å². The van der Waals surface area contributed by atoms with Gasteiger partial charge in [-0.15, -0.1) is 0 Å². The molecule has 3 unspecified atom stereocenters. The lowest BCUT2D eigenvalue weighted by Gasteiger charge is -2.33. The summed E-state index contributed by atoms with van der Waals surface area (Å²) in [4.78, 5) is 13.2. The maximum atomic E-state index is 11.0. The first kappa shape index (κ1) is 11.8. The van der Waals surface area contributed by atoms with Gasteiger partial charge < -0.3 is 15.2 Å². The molecule has 0 aromatic carbocycles. The third kappa shape index (κ3) is 2.72. The normalized spacial score (nSPS) is 31.6. The summed E-state index contributed by atoms with van der Waals surface area (Å²) in [6.45, 7) is 4.96. The highest BCUT2D eigenvalue weighted by Gasteiger charge is 2.35. The van der Waals surface area contributed by atoms with Crippen molar-refractivity contribution in [1.82, 2.24) is 10.2 Å². The highest BCUT2D eigenvalue weighted by Crippen LogP contribution is 2.26. The van der Waals surface area contributed by atoms with Crippen molar-refractivity contribution < 1.29 is 14.6 Å². The van der Waals surface area contributed by atoms with Crippen molar-refractivity contribution in [2.45, 2.75) is 38.0 Å².